The Hall–Kier alpha value is -1.58. The fourth-order valence-electron chi connectivity index (χ4n) is 2.04. The van der Waals surface area contributed by atoms with Crippen LogP contribution in [0.5, 0.6) is 0 Å². The number of likely N-dealkylation sites (N-methyl/N-ethyl adjacent to an activating group) is 1. The van der Waals surface area contributed by atoms with Crippen LogP contribution >= 0.6 is 0 Å². The van der Waals surface area contributed by atoms with Crippen molar-refractivity contribution >= 4 is 5.91 Å². The van der Waals surface area contributed by atoms with E-state index in [9.17, 15) is 9.59 Å². The second kappa shape index (κ2) is 4.73. The number of pyridine rings is 1. The summed E-state index contributed by atoms with van der Waals surface area (Å²) < 4.78 is 1.49. The average molecular weight is 234 g/mol. The number of amides is 1. The van der Waals surface area contributed by atoms with E-state index in [0.717, 1.165) is 19.4 Å². The van der Waals surface area contributed by atoms with E-state index in [0.29, 0.717) is 11.6 Å². The molecule has 1 aromatic heterocycles. The zero-order valence-corrected chi connectivity index (χ0v) is 10.3. The number of aromatic nitrogens is 1. The number of rotatable bonds is 4. The molecule has 1 amide bonds. The molecule has 17 heavy (non-hydrogen) atoms. The zero-order chi connectivity index (χ0) is 12.4. The number of carbonyl (C=O) groups is 1. The van der Waals surface area contributed by atoms with Gasteiger partial charge in [0.1, 0.15) is 6.54 Å². The van der Waals surface area contributed by atoms with Crippen LogP contribution in [-0.4, -0.2) is 28.0 Å². The number of carbonyl (C=O) groups excluding carboxylic acids is 1. The summed E-state index contributed by atoms with van der Waals surface area (Å²) in [6.45, 7) is 4.63. The average Bonchev–Trinajstić information content (AvgIpc) is 3.10. The van der Waals surface area contributed by atoms with Crippen LogP contribution in [0.3, 0.4) is 0 Å². The molecule has 0 N–H and O–H groups in total. The summed E-state index contributed by atoms with van der Waals surface area (Å²) in [6.07, 6.45) is 3.87. The quantitative estimate of drug-likeness (QED) is 0.784. The lowest BCUT2D eigenvalue weighted by Crippen LogP contribution is -2.38. The maximum atomic E-state index is 12.1. The summed E-state index contributed by atoms with van der Waals surface area (Å²) in [5.41, 5.74) is 0.600. The molecule has 1 aliphatic carbocycles. The highest BCUT2D eigenvalue weighted by molar-refractivity contribution is 5.76. The molecule has 1 heterocycles. The minimum Gasteiger partial charge on any atom is -0.338 e. The molecule has 0 radical (unpaired) electrons. The van der Waals surface area contributed by atoms with Gasteiger partial charge in [-0.3, -0.25) is 9.59 Å². The van der Waals surface area contributed by atoms with Crippen molar-refractivity contribution in [3.05, 3.63) is 34.2 Å². The second-order valence-corrected chi connectivity index (χ2v) is 4.54. The molecule has 0 bridgehead atoms. The number of aryl methyl sites for hydroxylation is 1. The van der Waals surface area contributed by atoms with Gasteiger partial charge in [-0.2, -0.15) is 0 Å². The fourth-order valence-corrected chi connectivity index (χ4v) is 2.04. The summed E-state index contributed by atoms with van der Waals surface area (Å²) in [5.74, 6) is 0.0442. The Morgan fingerprint density at radius 3 is 2.82 bits per heavy atom. The lowest BCUT2D eigenvalue weighted by molar-refractivity contribution is -0.132. The first kappa shape index (κ1) is 11.9. The van der Waals surface area contributed by atoms with Crippen molar-refractivity contribution in [2.24, 2.45) is 0 Å². The van der Waals surface area contributed by atoms with E-state index in [-0.39, 0.29) is 18.0 Å². The highest BCUT2D eigenvalue weighted by atomic mass is 16.2. The molecule has 1 aromatic rings. The van der Waals surface area contributed by atoms with Crippen molar-refractivity contribution in [3.8, 4) is 0 Å². The second-order valence-electron chi connectivity index (χ2n) is 4.54. The number of nitrogens with zero attached hydrogens (tertiary/aromatic N) is 2. The van der Waals surface area contributed by atoms with Crippen molar-refractivity contribution < 1.29 is 4.79 Å². The SMILES string of the molecule is CCN(C(=O)Cn1cccc(C)c1=O)C1CC1. The van der Waals surface area contributed by atoms with Crippen molar-refractivity contribution in [3.63, 3.8) is 0 Å². The molecule has 0 aliphatic heterocycles. The molecule has 0 atom stereocenters. The molecule has 4 nitrogen and oxygen atoms in total. The van der Waals surface area contributed by atoms with E-state index in [4.69, 9.17) is 0 Å². The Bertz CT molecular complexity index is 475. The van der Waals surface area contributed by atoms with Crippen molar-refractivity contribution in [1.29, 1.82) is 0 Å². The maximum Gasteiger partial charge on any atom is 0.253 e. The largest absolute Gasteiger partial charge is 0.338 e. The molecule has 0 spiro atoms. The molecule has 0 saturated heterocycles. The van der Waals surface area contributed by atoms with Crippen molar-refractivity contribution in [2.75, 3.05) is 6.54 Å². The summed E-state index contributed by atoms with van der Waals surface area (Å²) in [5, 5.41) is 0. The third-order valence-electron chi connectivity index (χ3n) is 3.16. The van der Waals surface area contributed by atoms with Gasteiger partial charge in [-0.15, -0.1) is 0 Å². The zero-order valence-electron chi connectivity index (χ0n) is 10.3. The van der Waals surface area contributed by atoms with Gasteiger partial charge in [-0.05, 0) is 32.8 Å². The molecular formula is C13H18N2O2. The Morgan fingerprint density at radius 2 is 2.24 bits per heavy atom. The van der Waals surface area contributed by atoms with Crippen LogP contribution in [0.15, 0.2) is 23.1 Å². The van der Waals surface area contributed by atoms with Crippen LogP contribution in [0.25, 0.3) is 0 Å². The topological polar surface area (TPSA) is 42.3 Å². The Morgan fingerprint density at radius 1 is 1.53 bits per heavy atom. The first-order valence-electron chi connectivity index (χ1n) is 6.09. The number of hydrogen-bond acceptors (Lipinski definition) is 2. The van der Waals surface area contributed by atoms with E-state index >= 15 is 0 Å². The molecule has 1 saturated carbocycles. The fraction of sp³-hybridized carbons (Fsp3) is 0.538. The molecule has 0 aromatic carbocycles. The third-order valence-corrected chi connectivity index (χ3v) is 3.16. The van der Waals surface area contributed by atoms with E-state index in [1.54, 1.807) is 25.3 Å². The predicted molar refractivity (Wildman–Crippen MR) is 65.8 cm³/mol. The van der Waals surface area contributed by atoms with E-state index in [2.05, 4.69) is 0 Å². The van der Waals surface area contributed by atoms with Crippen LogP contribution in [0, 0.1) is 6.92 Å². The van der Waals surface area contributed by atoms with Gasteiger partial charge in [0.15, 0.2) is 0 Å². The lowest BCUT2D eigenvalue weighted by atomic mass is 10.3. The molecule has 0 unspecified atom stereocenters. The summed E-state index contributed by atoms with van der Waals surface area (Å²) >= 11 is 0. The van der Waals surface area contributed by atoms with Crippen LogP contribution in [0.2, 0.25) is 0 Å². The highest BCUT2D eigenvalue weighted by Crippen LogP contribution is 2.26. The molecule has 1 aliphatic rings. The molecule has 2 rings (SSSR count). The van der Waals surface area contributed by atoms with Crippen LogP contribution < -0.4 is 5.56 Å². The molecule has 4 heteroatoms. The molecule has 1 fully saturated rings. The molecule has 92 valence electrons. The highest BCUT2D eigenvalue weighted by Gasteiger charge is 2.31. The lowest BCUT2D eigenvalue weighted by Gasteiger charge is -2.20. The maximum absolute atomic E-state index is 12.1. The minimum atomic E-state index is -0.0762. The van der Waals surface area contributed by atoms with E-state index < -0.39 is 0 Å². The standard InChI is InChI=1S/C13H18N2O2/c1-3-15(11-6-7-11)12(16)9-14-8-4-5-10(2)13(14)17/h4-5,8,11H,3,6-7,9H2,1-2H3. The van der Waals surface area contributed by atoms with Crippen molar-refractivity contribution in [1.82, 2.24) is 9.47 Å². The van der Waals surface area contributed by atoms with Gasteiger partial charge in [0.25, 0.3) is 5.56 Å². The third kappa shape index (κ3) is 2.57. The summed E-state index contributed by atoms with van der Waals surface area (Å²) in [6, 6.07) is 3.98. The van der Waals surface area contributed by atoms with Crippen LogP contribution in [0.4, 0.5) is 0 Å². The van der Waals surface area contributed by atoms with Gasteiger partial charge >= 0.3 is 0 Å². The summed E-state index contributed by atoms with van der Waals surface area (Å²) in [4.78, 5) is 25.7. The number of hydrogen-bond donors (Lipinski definition) is 0. The van der Waals surface area contributed by atoms with E-state index in [1.165, 1.54) is 4.57 Å². The van der Waals surface area contributed by atoms with Gasteiger partial charge in [-0.1, -0.05) is 6.07 Å². The van der Waals surface area contributed by atoms with Gasteiger partial charge in [0, 0.05) is 24.3 Å². The van der Waals surface area contributed by atoms with Gasteiger partial charge in [0.05, 0.1) is 0 Å². The smallest absolute Gasteiger partial charge is 0.253 e. The van der Waals surface area contributed by atoms with E-state index in [1.807, 2.05) is 11.8 Å². The van der Waals surface area contributed by atoms with Gasteiger partial charge in [0.2, 0.25) is 5.91 Å². The predicted octanol–water partition coefficient (Wildman–Crippen LogP) is 1.17. The first-order chi connectivity index (χ1) is 8.13. The first-order valence-corrected chi connectivity index (χ1v) is 6.09. The van der Waals surface area contributed by atoms with Crippen molar-refractivity contribution in [2.45, 2.75) is 39.3 Å². The minimum absolute atomic E-state index is 0.0442. The Labute approximate surface area is 101 Å². The normalized spacial score (nSPS) is 14.7. The van der Waals surface area contributed by atoms with Gasteiger partial charge < -0.3 is 9.47 Å². The summed E-state index contributed by atoms with van der Waals surface area (Å²) in [7, 11) is 0. The van der Waals surface area contributed by atoms with Crippen LogP contribution in [-0.2, 0) is 11.3 Å². The molecular weight excluding hydrogens is 216 g/mol. The monoisotopic (exact) mass is 234 g/mol. The van der Waals surface area contributed by atoms with Gasteiger partial charge in [-0.25, -0.2) is 0 Å². The Kier molecular flexibility index (Phi) is 3.31. The van der Waals surface area contributed by atoms with Crippen LogP contribution in [0.1, 0.15) is 25.3 Å². The Balaban J connectivity index is 2.12.